The molecular weight excluding hydrogens is 381 g/mol. The number of likely N-dealkylation sites (tertiary alicyclic amines) is 1. The zero-order valence-electron chi connectivity index (χ0n) is 12.9. The number of nitrogens with zero attached hydrogens (tertiary/aromatic N) is 3. The third kappa shape index (κ3) is 3.64. The summed E-state index contributed by atoms with van der Waals surface area (Å²) in [6.45, 7) is 0.944. The molecule has 1 fully saturated rings. The molecule has 8 heteroatoms. The second kappa shape index (κ2) is 7.12. The van der Waals surface area contributed by atoms with Crippen molar-refractivity contribution < 1.29 is 18.7 Å². The van der Waals surface area contributed by atoms with Gasteiger partial charge in [-0.1, -0.05) is 0 Å². The minimum Gasteiger partial charge on any atom is -0.494 e. The van der Waals surface area contributed by atoms with Crippen molar-refractivity contribution in [2.24, 2.45) is 0 Å². The quantitative estimate of drug-likeness (QED) is 0.795. The smallest absolute Gasteiger partial charge is 0.316 e. The average Bonchev–Trinajstić information content (AvgIpc) is 3.04. The van der Waals surface area contributed by atoms with E-state index in [4.69, 9.17) is 9.47 Å². The SMILES string of the molecule is COc1ccc(C(=O)N2CCC(Oc3ncc(Br)cn3)C2)cc1F. The van der Waals surface area contributed by atoms with Crippen LogP contribution in [0.1, 0.15) is 16.8 Å². The van der Waals surface area contributed by atoms with Gasteiger partial charge in [0.25, 0.3) is 5.91 Å². The molecule has 0 N–H and O–H groups in total. The highest BCUT2D eigenvalue weighted by Crippen LogP contribution is 2.21. The van der Waals surface area contributed by atoms with Gasteiger partial charge in [-0.25, -0.2) is 14.4 Å². The lowest BCUT2D eigenvalue weighted by Crippen LogP contribution is -2.31. The predicted octanol–water partition coefficient (Wildman–Crippen LogP) is 2.68. The molecule has 0 aliphatic carbocycles. The minimum atomic E-state index is -0.557. The van der Waals surface area contributed by atoms with Gasteiger partial charge in [-0.3, -0.25) is 4.79 Å². The molecule has 1 atom stereocenters. The number of hydrogen-bond acceptors (Lipinski definition) is 5. The van der Waals surface area contributed by atoms with E-state index in [-0.39, 0.29) is 29.3 Å². The highest BCUT2D eigenvalue weighted by Gasteiger charge is 2.29. The summed E-state index contributed by atoms with van der Waals surface area (Å²) in [5.41, 5.74) is 0.286. The van der Waals surface area contributed by atoms with Crippen molar-refractivity contribution in [3.8, 4) is 11.8 Å². The molecule has 0 spiro atoms. The van der Waals surface area contributed by atoms with E-state index >= 15 is 0 Å². The first-order chi connectivity index (χ1) is 11.6. The van der Waals surface area contributed by atoms with Gasteiger partial charge in [-0.05, 0) is 34.1 Å². The normalized spacial score (nSPS) is 17.0. The topological polar surface area (TPSA) is 64.5 Å². The van der Waals surface area contributed by atoms with Crippen LogP contribution in [0.25, 0.3) is 0 Å². The van der Waals surface area contributed by atoms with E-state index in [1.807, 2.05) is 0 Å². The number of rotatable bonds is 4. The zero-order valence-corrected chi connectivity index (χ0v) is 14.5. The number of methoxy groups -OCH3 is 1. The number of benzene rings is 1. The molecule has 6 nitrogen and oxygen atoms in total. The third-order valence-corrected chi connectivity index (χ3v) is 4.11. The van der Waals surface area contributed by atoms with Crippen molar-refractivity contribution in [2.75, 3.05) is 20.2 Å². The molecule has 0 bridgehead atoms. The van der Waals surface area contributed by atoms with Crippen LogP contribution in [0.15, 0.2) is 35.1 Å². The number of ether oxygens (including phenoxy) is 2. The molecule has 1 aromatic carbocycles. The van der Waals surface area contributed by atoms with Crippen LogP contribution in [-0.4, -0.2) is 47.1 Å². The number of aromatic nitrogens is 2. The molecule has 1 amide bonds. The Morgan fingerprint density at radius 3 is 2.79 bits per heavy atom. The first-order valence-corrected chi connectivity index (χ1v) is 8.13. The van der Waals surface area contributed by atoms with Crippen molar-refractivity contribution in [3.05, 3.63) is 46.4 Å². The Bertz CT molecular complexity index is 742. The van der Waals surface area contributed by atoms with Gasteiger partial charge in [0.15, 0.2) is 11.6 Å². The fourth-order valence-electron chi connectivity index (χ4n) is 2.50. The molecule has 1 aliphatic heterocycles. The molecule has 1 unspecified atom stereocenters. The van der Waals surface area contributed by atoms with Gasteiger partial charge < -0.3 is 14.4 Å². The van der Waals surface area contributed by atoms with Crippen molar-refractivity contribution in [1.82, 2.24) is 14.9 Å². The van der Waals surface area contributed by atoms with E-state index in [0.717, 1.165) is 4.47 Å². The summed E-state index contributed by atoms with van der Waals surface area (Å²) in [6, 6.07) is 4.46. The van der Waals surface area contributed by atoms with Crippen LogP contribution in [0.5, 0.6) is 11.8 Å². The summed E-state index contributed by atoms with van der Waals surface area (Å²) in [5, 5.41) is 0. The van der Waals surface area contributed by atoms with Gasteiger partial charge in [0.05, 0.1) is 18.1 Å². The summed E-state index contributed by atoms with van der Waals surface area (Å²) >= 11 is 3.26. The maximum atomic E-state index is 13.8. The molecule has 2 aromatic rings. The third-order valence-electron chi connectivity index (χ3n) is 3.70. The average molecular weight is 396 g/mol. The molecule has 126 valence electrons. The molecule has 2 heterocycles. The van der Waals surface area contributed by atoms with E-state index in [2.05, 4.69) is 25.9 Å². The van der Waals surface area contributed by atoms with Crippen LogP contribution in [0, 0.1) is 5.82 Å². The highest BCUT2D eigenvalue weighted by atomic mass is 79.9. The summed E-state index contributed by atoms with van der Waals surface area (Å²) < 4.78 is 25.1. The maximum absolute atomic E-state index is 13.8. The van der Waals surface area contributed by atoms with E-state index in [9.17, 15) is 9.18 Å². The molecule has 3 rings (SSSR count). The summed E-state index contributed by atoms with van der Waals surface area (Å²) in [6.07, 6.45) is 3.68. The van der Waals surface area contributed by atoms with E-state index in [0.29, 0.717) is 19.5 Å². The van der Waals surface area contributed by atoms with E-state index in [1.54, 1.807) is 23.4 Å². The van der Waals surface area contributed by atoms with Crippen LogP contribution < -0.4 is 9.47 Å². The lowest BCUT2D eigenvalue weighted by Gasteiger charge is -2.17. The lowest BCUT2D eigenvalue weighted by atomic mass is 10.2. The minimum absolute atomic E-state index is 0.113. The standard InChI is InChI=1S/C16H15BrFN3O3/c1-23-14-3-2-10(6-13(14)18)15(22)21-5-4-12(9-21)24-16-19-7-11(17)8-20-16/h2-3,6-8,12H,4-5,9H2,1H3. The van der Waals surface area contributed by atoms with Gasteiger partial charge in [0.2, 0.25) is 0 Å². The fourth-order valence-corrected chi connectivity index (χ4v) is 2.71. The van der Waals surface area contributed by atoms with Gasteiger partial charge >= 0.3 is 6.01 Å². The van der Waals surface area contributed by atoms with Crippen LogP contribution >= 0.6 is 15.9 Å². The Hall–Kier alpha value is -2.22. The first-order valence-electron chi connectivity index (χ1n) is 7.34. The van der Waals surface area contributed by atoms with Gasteiger partial charge in [0.1, 0.15) is 6.10 Å². The van der Waals surface area contributed by atoms with Crippen LogP contribution in [0.4, 0.5) is 4.39 Å². The molecule has 1 saturated heterocycles. The number of carbonyl (C=O) groups excluding carboxylic acids is 1. The van der Waals surface area contributed by atoms with Crippen LogP contribution in [-0.2, 0) is 0 Å². The Labute approximate surface area is 146 Å². The molecule has 1 aromatic heterocycles. The number of hydrogen-bond donors (Lipinski definition) is 0. The van der Waals surface area contributed by atoms with Gasteiger partial charge in [0, 0.05) is 30.9 Å². The Morgan fingerprint density at radius 2 is 2.12 bits per heavy atom. The Morgan fingerprint density at radius 1 is 1.38 bits per heavy atom. The Balaban J connectivity index is 1.63. The largest absolute Gasteiger partial charge is 0.494 e. The number of amides is 1. The van der Waals surface area contributed by atoms with Crippen molar-refractivity contribution >= 4 is 21.8 Å². The second-order valence-corrected chi connectivity index (χ2v) is 6.23. The highest BCUT2D eigenvalue weighted by molar-refractivity contribution is 9.10. The molecule has 0 radical (unpaired) electrons. The van der Waals surface area contributed by atoms with Crippen LogP contribution in [0.3, 0.4) is 0 Å². The molecular formula is C16H15BrFN3O3. The molecule has 24 heavy (non-hydrogen) atoms. The van der Waals surface area contributed by atoms with Crippen molar-refractivity contribution in [3.63, 3.8) is 0 Å². The zero-order chi connectivity index (χ0) is 17.1. The molecule has 1 aliphatic rings. The van der Waals surface area contributed by atoms with Gasteiger partial charge in [-0.2, -0.15) is 0 Å². The predicted molar refractivity (Wildman–Crippen MR) is 87.6 cm³/mol. The van der Waals surface area contributed by atoms with E-state index in [1.165, 1.54) is 19.2 Å². The van der Waals surface area contributed by atoms with Crippen LogP contribution in [0.2, 0.25) is 0 Å². The van der Waals surface area contributed by atoms with E-state index < -0.39 is 5.82 Å². The summed E-state index contributed by atoms with van der Waals surface area (Å²) in [7, 11) is 1.38. The number of carbonyl (C=O) groups is 1. The fraction of sp³-hybridized carbons (Fsp3) is 0.312. The Kier molecular flexibility index (Phi) is 4.94. The lowest BCUT2D eigenvalue weighted by molar-refractivity contribution is 0.0769. The maximum Gasteiger partial charge on any atom is 0.316 e. The monoisotopic (exact) mass is 395 g/mol. The van der Waals surface area contributed by atoms with Crippen molar-refractivity contribution in [1.29, 1.82) is 0 Å². The van der Waals surface area contributed by atoms with Gasteiger partial charge in [-0.15, -0.1) is 0 Å². The number of halogens is 2. The molecule has 0 saturated carbocycles. The summed E-state index contributed by atoms with van der Waals surface area (Å²) in [4.78, 5) is 22.2. The van der Waals surface area contributed by atoms with Crippen molar-refractivity contribution in [2.45, 2.75) is 12.5 Å². The first kappa shape index (κ1) is 16.6. The second-order valence-electron chi connectivity index (χ2n) is 5.31. The summed E-state index contributed by atoms with van der Waals surface area (Å²) in [5.74, 6) is -0.681.